The van der Waals surface area contributed by atoms with Crippen LogP contribution in [-0.2, 0) is 15.8 Å². The van der Waals surface area contributed by atoms with Crippen molar-refractivity contribution >= 4 is 5.82 Å². The van der Waals surface area contributed by atoms with Crippen LogP contribution in [0.2, 0.25) is 0 Å². The maximum absolute atomic E-state index is 5.74. The van der Waals surface area contributed by atoms with E-state index in [-0.39, 0.29) is 5.41 Å². The van der Waals surface area contributed by atoms with Gasteiger partial charge in [-0.2, -0.15) is 0 Å². The predicted octanol–water partition coefficient (Wildman–Crippen LogP) is 3.48. The summed E-state index contributed by atoms with van der Waals surface area (Å²) in [5.41, 5.74) is 0.627. The summed E-state index contributed by atoms with van der Waals surface area (Å²) in [7, 11) is 3.62. The van der Waals surface area contributed by atoms with Gasteiger partial charge in [0, 0.05) is 25.6 Å². The van der Waals surface area contributed by atoms with E-state index >= 15 is 0 Å². The first kappa shape index (κ1) is 15.9. The SMILES string of the molecule is CCC(CC)(OC)c1nc(NC)cc(C(C)(C)C)n1. The number of rotatable bonds is 5. The molecule has 1 N–H and O–H groups in total. The summed E-state index contributed by atoms with van der Waals surface area (Å²) in [4.78, 5) is 9.36. The van der Waals surface area contributed by atoms with Crippen LogP contribution in [0.3, 0.4) is 0 Å². The van der Waals surface area contributed by atoms with Crippen LogP contribution in [0.5, 0.6) is 0 Å². The molecule has 1 rings (SSSR count). The van der Waals surface area contributed by atoms with Gasteiger partial charge < -0.3 is 10.1 Å². The van der Waals surface area contributed by atoms with Crippen LogP contribution >= 0.6 is 0 Å². The maximum atomic E-state index is 5.74. The van der Waals surface area contributed by atoms with Crippen molar-refractivity contribution in [3.8, 4) is 0 Å². The third-order valence-electron chi connectivity index (χ3n) is 3.69. The van der Waals surface area contributed by atoms with Crippen molar-refractivity contribution in [2.75, 3.05) is 19.5 Å². The van der Waals surface area contributed by atoms with Crippen LogP contribution in [0.1, 0.15) is 59.0 Å². The minimum absolute atomic E-state index is 0.00967. The summed E-state index contributed by atoms with van der Waals surface area (Å²) in [5.74, 6) is 1.62. The Morgan fingerprint density at radius 1 is 1.16 bits per heavy atom. The van der Waals surface area contributed by atoms with E-state index in [4.69, 9.17) is 9.72 Å². The molecule has 4 heteroatoms. The van der Waals surface area contributed by atoms with Crippen LogP contribution in [-0.4, -0.2) is 24.1 Å². The zero-order chi connectivity index (χ0) is 14.7. The van der Waals surface area contributed by atoms with Gasteiger partial charge in [0.2, 0.25) is 0 Å². The van der Waals surface area contributed by atoms with Crippen molar-refractivity contribution in [2.24, 2.45) is 0 Å². The lowest BCUT2D eigenvalue weighted by Gasteiger charge is -2.30. The first-order valence-corrected chi connectivity index (χ1v) is 6.96. The Balaban J connectivity index is 3.42. The van der Waals surface area contributed by atoms with Crippen molar-refractivity contribution < 1.29 is 4.74 Å². The summed E-state index contributed by atoms with van der Waals surface area (Å²) in [5, 5.41) is 3.12. The minimum Gasteiger partial charge on any atom is -0.373 e. The molecule has 0 aromatic carbocycles. The van der Waals surface area contributed by atoms with E-state index in [0.29, 0.717) is 0 Å². The van der Waals surface area contributed by atoms with Crippen molar-refractivity contribution in [1.82, 2.24) is 9.97 Å². The van der Waals surface area contributed by atoms with Gasteiger partial charge in [0.1, 0.15) is 11.4 Å². The first-order valence-electron chi connectivity index (χ1n) is 6.96. The van der Waals surface area contributed by atoms with Crippen LogP contribution in [0.25, 0.3) is 0 Å². The van der Waals surface area contributed by atoms with E-state index in [9.17, 15) is 0 Å². The highest BCUT2D eigenvalue weighted by Gasteiger charge is 2.33. The summed E-state index contributed by atoms with van der Waals surface area (Å²) >= 11 is 0. The number of anilines is 1. The Hall–Kier alpha value is -1.16. The molecule has 0 spiro atoms. The zero-order valence-electron chi connectivity index (χ0n) is 13.3. The molecule has 0 aliphatic rings. The summed E-state index contributed by atoms with van der Waals surface area (Å²) in [6, 6.07) is 2.01. The van der Waals surface area contributed by atoms with Gasteiger partial charge >= 0.3 is 0 Å². The van der Waals surface area contributed by atoms with Gasteiger partial charge in [-0.1, -0.05) is 34.6 Å². The van der Waals surface area contributed by atoms with Gasteiger partial charge in [-0.25, -0.2) is 9.97 Å². The van der Waals surface area contributed by atoms with E-state index < -0.39 is 5.60 Å². The fraction of sp³-hybridized carbons (Fsp3) is 0.733. The number of methoxy groups -OCH3 is 1. The Morgan fingerprint density at radius 3 is 2.11 bits per heavy atom. The molecule has 4 nitrogen and oxygen atoms in total. The summed E-state index contributed by atoms with van der Waals surface area (Å²) in [6.45, 7) is 10.7. The lowest BCUT2D eigenvalue weighted by atomic mass is 9.90. The van der Waals surface area contributed by atoms with Crippen molar-refractivity contribution in [1.29, 1.82) is 0 Å². The molecule has 0 saturated heterocycles. The second-order valence-corrected chi connectivity index (χ2v) is 5.87. The normalized spacial score (nSPS) is 12.6. The Kier molecular flexibility index (Phi) is 4.91. The molecule has 0 unspecified atom stereocenters. The molecule has 19 heavy (non-hydrogen) atoms. The predicted molar refractivity (Wildman–Crippen MR) is 79.5 cm³/mol. The molecule has 0 bridgehead atoms. The lowest BCUT2D eigenvalue weighted by Crippen LogP contribution is -2.31. The monoisotopic (exact) mass is 265 g/mol. The Labute approximate surface area is 117 Å². The van der Waals surface area contributed by atoms with Crippen molar-refractivity contribution in [3.05, 3.63) is 17.6 Å². The van der Waals surface area contributed by atoms with Crippen LogP contribution in [0.4, 0.5) is 5.82 Å². The molecule has 0 fully saturated rings. The number of nitrogens with zero attached hydrogens (tertiary/aromatic N) is 2. The molecule has 0 radical (unpaired) electrons. The summed E-state index contributed by atoms with van der Waals surface area (Å²) < 4.78 is 5.74. The summed E-state index contributed by atoms with van der Waals surface area (Å²) in [6.07, 6.45) is 1.72. The average Bonchev–Trinajstić information content (AvgIpc) is 2.40. The van der Waals surface area contributed by atoms with Crippen molar-refractivity contribution in [2.45, 2.75) is 58.5 Å². The highest BCUT2D eigenvalue weighted by Crippen LogP contribution is 2.32. The molecule has 0 amide bonds. The minimum atomic E-state index is -0.396. The van der Waals surface area contributed by atoms with E-state index in [1.54, 1.807) is 7.11 Å². The zero-order valence-corrected chi connectivity index (χ0v) is 13.3. The van der Waals surface area contributed by atoms with E-state index in [1.165, 1.54) is 0 Å². The molecule has 1 aromatic heterocycles. The second-order valence-electron chi connectivity index (χ2n) is 5.87. The number of hydrogen-bond donors (Lipinski definition) is 1. The van der Waals surface area contributed by atoms with E-state index in [2.05, 4.69) is 44.9 Å². The lowest BCUT2D eigenvalue weighted by molar-refractivity contribution is -0.0293. The first-order chi connectivity index (χ1) is 8.82. The molecule has 0 aliphatic heterocycles. The van der Waals surface area contributed by atoms with Crippen LogP contribution in [0.15, 0.2) is 6.07 Å². The average molecular weight is 265 g/mol. The van der Waals surface area contributed by atoms with Crippen molar-refractivity contribution in [3.63, 3.8) is 0 Å². The number of hydrogen-bond acceptors (Lipinski definition) is 4. The number of nitrogens with one attached hydrogen (secondary N) is 1. The van der Waals surface area contributed by atoms with Gasteiger partial charge in [0.15, 0.2) is 5.82 Å². The van der Waals surface area contributed by atoms with E-state index in [1.807, 2.05) is 13.1 Å². The maximum Gasteiger partial charge on any atom is 0.162 e. The molecule has 1 heterocycles. The standard InChI is InChI=1S/C15H27N3O/c1-8-15(9-2,19-7)13-17-11(14(3,4)5)10-12(16-6)18-13/h10H,8-9H2,1-7H3,(H,16,17,18). The van der Waals surface area contributed by atoms with Gasteiger partial charge in [0.05, 0.1) is 5.69 Å². The molecule has 0 saturated carbocycles. The topological polar surface area (TPSA) is 47.0 Å². The largest absolute Gasteiger partial charge is 0.373 e. The van der Waals surface area contributed by atoms with Crippen LogP contribution < -0.4 is 5.32 Å². The Morgan fingerprint density at radius 2 is 1.74 bits per heavy atom. The molecule has 108 valence electrons. The smallest absolute Gasteiger partial charge is 0.162 e. The Bertz CT molecular complexity index is 412. The fourth-order valence-corrected chi connectivity index (χ4v) is 2.11. The number of aromatic nitrogens is 2. The molecular formula is C15H27N3O. The second kappa shape index (κ2) is 5.87. The van der Waals surface area contributed by atoms with Gasteiger partial charge in [-0.05, 0) is 12.8 Å². The molecule has 0 aliphatic carbocycles. The quantitative estimate of drug-likeness (QED) is 0.885. The van der Waals surface area contributed by atoms with Gasteiger partial charge in [0.25, 0.3) is 0 Å². The molecular weight excluding hydrogens is 238 g/mol. The third-order valence-corrected chi connectivity index (χ3v) is 3.69. The number of ether oxygens (including phenoxy) is 1. The van der Waals surface area contributed by atoms with Gasteiger partial charge in [-0.3, -0.25) is 0 Å². The highest BCUT2D eigenvalue weighted by atomic mass is 16.5. The molecule has 0 atom stereocenters. The van der Waals surface area contributed by atoms with E-state index in [0.717, 1.165) is 30.2 Å². The van der Waals surface area contributed by atoms with Crippen LogP contribution in [0, 0.1) is 0 Å². The highest BCUT2D eigenvalue weighted by molar-refractivity contribution is 5.38. The molecule has 1 aromatic rings. The third kappa shape index (κ3) is 3.24. The van der Waals surface area contributed by atoms with Gasteiger partial charge in [-0.15, -0.1) is 0 Å². The fourth-order valence-electron chi connectivity index (χ4n) is 2.11.